The van der Waals surface area contributed by atoms with Crippen LogP contribution in [0.2, 0.25) is 0 Å². The first-order valence-electron chi connectivity index (χ1n) is 8.78. The van der Waals surface area contributed by atoms with Gasteiger partial charge in [-0.05, 0) is 37.3 Å². The third kappa shape index (κ3) is 4.11. The minimum Gasteiger partial charge on any atom is -0.336 e. The number of benzene rings is 2. The second kappa shape index (κ2) is 7.98. The van der Waals surface area contributed by atoms with E-state index < -0.39 is 14.9 Å². The third-order valence-electron chi connectivity index (χ3n) is 4.80. The maximum atomic E-state index is 12.8. The van der Waals surface area contributed by atoms with Gasteiger partial charge in [0.05, 0.1) is 21.5 Å². The summed E-state index contributed by atoms with van der Waals surface area (Å²) < 4.78 is 26.8. The number of nitrogens with zero attached hydrogens (tertiary/aromatic N) is 4. The monoisotopic (exact) mass is 414 g/mol. The lowest BCUT2D eigenvalue weighted by Crippen LogP contribution is -2.50. The van der Waals surface area contributed by atoms with E-state index in [9.17, 15) is 23.3 Å². The van der Waals surface area contributed by atoms with Crippen LogP contribution in [0.25, 0.3) is 0 Å². The zero-order chi connectivity index (χ0) is 21.2. The topological polar surface area (TPSA) is 125 Å². The SMILES string of the molecule is Cc1ccc(C(=O)N2CCN(S(=O)(=O)c3ccc(C#N)cc3)CC2)cc1[N+](=O)[O-]. The molecule has 0 aromatic heterocycles. The normalized spacial score (nSPS) is 15.0. The van der Waals surface area contributed by atoms with Crippen LogP contribution in [0.4, 0.5) is 5.69 Å². The molecule has 9 nitrogen and oxygen atoms in total. The number of hydrogen-bond donors (Lipinski definition) is 0. The second-order valence-corrected chi connectivity index (χ2v) is 8.53. The molecule has 0 unspecified atom stereocenters. The highest BCUT2D eigenvalue weighted by Crippen LogP contribution is 2.22. The molecule has 1 aliphatic heterocycles. The predicted molar refractivity (Wildman–Crippen MR) is 104 cm³/mol. The van der Waals surface area contributed by atoms with E-state index in [1.807, 2.05) is 6.07 Å². The Kier molecular flexibility index (Phi) is 5.63. The molecule has 2 aromatic carbocycles. The van der Waals surface area contributed by atoms with Crippen molar-refractivity contribution in [1.82, 2.24) is 9.21 Å². The van der Waals surface area contributed by atoms with Crippen LogP contribution >= 0.6 is 0 Å². The Balaban J connectivity index is 1.71. The fourth-order valence-corrected chi connectivity index (χ4v) is 4.53. The van der Waals surface area contributed by atoms with Crippen molar-refractivity contribution in [2.45, 2.75) is 11.8 Å². The smallest absolute Gasteiger partial charge is 0.273 e. The average molecular weight is 414 g/mol. The summed E-state index contributed by atoms with van der Waals surface area (Å²) in [7, 11) is -3.73. The van der Waals surface area contributed by atoms with Crippen molar-refractivity contribution < 1.29 is 18.1 Å². The zero-order valence-electron chi connectivity index (χ0n) is 15.6. The van der Waals surface area contributed by atoms with Crippen molar-refractivity contribution >= 4 is 21.6 Å². The Labute approximate surface area is 168 Å². The lowest BCUT2D eigenvalue weighted by molar-refractivity contribution is -0.385. The number of nitro groups is 1. The summed E-state index contributed by atoms with van der Waals surface area (Å²) >= 11 is 0. The van der Waals surface area contributed by atoms with Crippen molar-refractivity contribution in [3.8, 4) is 6.07 Å². The molecule has 1 amide bonds. The molecule has 1 fully saturated rings. The van der Waals surface area contributed by atoms with Gasteiger partial charge >= 0.3 is 0 Å². The van der Waals surface area contributed by atoms with E-state index in [1.165, 1.54) is 51.7 Å². The molecule has 0 N–H and O–H groups in total. The second-order valence-electron chi connectivity index (χ2n) is 6.59. The maximum absolute atomic E-state index is 12.8. The van der Waals surface area contributed by atoms with Gasteiger partial charge in [0.25, 0.3) is 11.6 Å². The van der Waals surface area contributed by atoms with Gasteiger partial charge in [-0.15, -0.1) is 0 Å². The highest BCUT2D eigenvalue weighted by atomic mass is 32.2. The van der Waals surface area contributed by atoms with Gasteiger partial charge < -0.3 is 4.90 Å². The van der Waals surface area contributed by atoms with Crippen LogP contribution in [0.5, 0.6) is 0 Å². The van der Waals surface area contributed by atoms with Crippen LogP contribution in [0, 0.1) is 28.4 Å². The van der Waals surface area contributed by atoms with Crippen molar-refractivity contribution in [1.29, 1.82) is 5.26 Å². The number of carbonyl (C=O) groups excluding carboxylic acids is 1. The molecule has 10 heteroatoms. The molecule has 3 rings (SSSR count). The number of rotatable bonds is 4. The number of amides is 1. The molecule has 0 spiro atoms. The standard InChI is InChI=1S/C19H18N4O5S/c1-14-2-5-16(12-18(14)23(25)26)19(24)21-8-10-22(11-9-21)29(27,28)17-6-3-15(13-20)4-7-17/h2-7,12H,8-11H2,1H3. The van der Waals surface area contributed by atoms with Gasteiger partial charge in [0, 0.05) is 43.4 Å². The Hall–Kier alpha value is -3.29. The van der Waals surface area contributed by atoms with Gasteiger partial charge in [0.15, 0.2) is 0 Å². The predicted octanol–water partition coefficient (Wildman–Crippen LogP) is 1.92. The first-order chi connectivity index (χ1) is 13.7. The molecule has 150 valence electrons. The van der Waals surface area contributed by atoms with Crippen LogP contribution in [0.3, 0.4) is 0 Å². The van der Waals surface area contributed by atoms with Gasteiger partial charge in [0.2, 0.25) is 10.0 Å². The summed E-state index contributed by atoms with van der Waals surface area (Å²) in [6.07, 6.45) is 0. The van der Waals surface area contributed by atoms with Crippen molar-refractivity contribution in [3.05, 3.63) is 69.3 Å². The van der Waals surface area contributed by atoms with E-state index in [0.29, 0.717) is 11.1 Å². The fraction of sp³-hybridized carbons (Fsp3) is 0.263. The van der Waals surface area contributed by atoms with E-state index in [2.05, 4.69) is 0 Å². The lowest BCUT2D eigenvalue weighted by Gasteiger charge is -2.34. The maximum Gasteiger partial charge on any atom is 0.273 e. The lowest BCUT2D eigenvalue weighted by atomic mass is 10.1. The van der Waals surface area contributed by atoms with E-state index in [-0.39, 0.29) is 48.2 Å². The molecule has 1 aliphatic rings. The molecule has 0 atom stereocenters. The molecular weight excluding hydrogens is 396 g/mol. The van der Waals surface area contributed by atoms with Crippen LogP contribution < -0.4 is 0 Å². The highest BCUT2D eigenvalue weighted by molar-refractivity contribution is 7.89. The van der Waals surface area contributed by atoms with Gasteiger partial charge in [-0.3, -0.25) is 14.9 Å². The van der Waals surface area contributed by atoms with Crippen LogP contribution in [0.1, 0.15) is 21.5 Å². The molecule has 2 aromatic rings. The minimum atomic E-state index is -3.73. The number of sulfonamides is 1. The molecule has 1 heterocycles. The van der Waals surface area contributed by atoms with Crippen LogP contribution in [-0.4, -0.2) is 54.6 Å². The Morgan fingerprint density at radius 1 is 1.10 bits per heavy atom. The van der Waals surface area contributed by atoms with Gasteiger partial charge in [-0.1, -0.05) is 6.07 Å². The summed E-state index contributed by atoms with van der Waals surface area (Å²) in [5.41, 5.74) is 0.903. The summed E-state index contributed by atoms with van der Waals surface area (Å²) in [5, 5.41) is 19.9. The highest BCUT2D eigenvalue weighted by Gasteiger charge is 2.31. The van der Waals surface area contributed by atoms with Gasteiger partial charge in [-0.2, -0.15) is 9.57 Å². The quantitative estimate of drug-likeness (QED) is 0.556. The van der Waals surface area contributed by atoms with Crippen molar-refractivity contribution in [3.63, 3.8) is 0 Å². The van der Waals surface area contributed by atoms with Gasteiger partial charge in [-0.25, -0.2) is 8.42 Å². The molecule has 0 saturated carbocycles. The first-order valence-corrected chi connectivity index (χ1v) is 10.2. The van der Waals surface area contributed by atoms with Gasteiger partial charge in [0.1, 0.15) is 0 Å². The first kappa shape index (κ1) is 20.4. The van der Waals surface area contributed by atoms with E-state index in [0.717, 1.165) is 0 Å². The summed E-state index contributed by atoms with van der Waals surface area (Å²) in [4.78, 5) is 24.8. The number of nitro benzene ring substituents is 1. The fourth-order valence-electron chi connectivity index (χ4n) is 3.10. The number of aryl methyl sites for hydroxylation is 1. The molecule has 29 heavy (non-hydrogen) atoms. The molecular formula is C19H18N4O5S. The molecule has 0 bridgehead atoms. The molecule has 0 aliphatic carbocycles. The van der Waals surface area contributed by atoms with E-state index >= 15 is 0 Å². The molecule has 0 radical (unpaired) electrons. The number of hydrogen-bond acceptors (Lipinski definition) is 6. The number of carbonyl (C=O) groups is 1. The van der Waals surface area contributed by atoms with E-state index in [4.69, 9.17) is 5.26 Å². The van der Waals surface area contributed by atoms with Crippen molar-refractivity contribution in [2.75, 3.05) is 26.2 Å². The Morgan fingerprint density at radius 3 is 2.28 bits per heavy atom. The summed E-state index contributed by atoms with van der Waals surface area (Å²) in [6.45, 7) is 2.18. The summed E-state index contributed by atoms with van der Waals surface area (Å²) in [5.74, 6) is -0.372. The van der Waals surface area contributed by atoms with Crippen LogP contribution in [0.15, 0.2) is 47.4 Å². The van der Waals surface area contributed by atoms with E-state index in [1.54, 1.807) is 6.92 Å². The van der Waals surface area contributed by atoms with Crippen molar-refractivity contribution in [2.24, 2.45) is 0 Å². The third-order valence-corrected chi connectivity index (χ3v) is 6.71. The van der Waals surface area contributed by atoms with Crippen LogP contribution in [-0.2, 0) is 10.0 Å². The Bertz CT molecular complexity index is 1100. The zero-order valence-corrected chi connectivity index (χ0v) is 16.4. The molecule has 1 saturated heterocycles. The number of nitriles is 1. The summed E-state index contributed by atoms with van der Waals surface area (Å²) in [6, 6.07) is 11.9. The largest absolute Gasteiger partial charge is 0.336 e. The number of piperazine rings is 1. The Morgan fingerprint density at radius 2 is 1.72 bits per heavy atom. The average Bonchev–Trinajstić information content (AvgIpc) is 2.73. The minimum absolute atomic E-state index is 0.0884.